The molecule has 0 amide bonds. The molecule has 0 aromatic heterocycles. The molecule has 3 nitrogen and oxygen atoms in total. The number of nitrogens with zero attached hydrogens (tertiary/aromatic N) is 1. The Morgan fingerprint density at radius 3 is 2.67 bits per heavy atom. The Morgan fingerprint density at radius 2 is 2.56 bits per heavy atom. The second kappa shape index (κ2) is 1.98. The van der Waals surface area contributed by atoms with E-state index in [0.29, 0.717) is 6.61 Å². The summed E-state index contributed by atoms with van der Waals surface area (Å²) in [6.07, 6.45) is 0. The van der Waals surface area contributed by atoms with Crippen LogP contribution in [0.1, 0.15) is 6.92 Å². The topological polar surface area (TPSA) is 56.5 Å². The maximum Gasteiger partial charge on any atom is 0.130 e. The first-order chi connectivity index (χ1) is 4.25. The molecule has 1 saturated heterocycles. The summed E-state index contributed by atoms with van der Waals surface area (Å²) in [6.45, 7) is 2.24. The lowest BCUT2D eigenvalue weighted by Gasteiger charge is -2.07. The van der Waals surface area contributed by atoms with Gasteiger partial charge in [0, 0.05) is 0 Å². The molecule has 1 aliphatic rings. The van der Waals surface area contributed by atoms with Gasteiger partial charge in [0.15, 0.2) is 0 Å². The van der Waals surface area contributed by atoms with Crippen LogP contribution in [0.4, 0.5) is 0 Å². The van der Waals surface area contributed by atoms with E-state index in [4.69, 9.17) is 15.1 Å². The molecule has 1 heterocycles. The van der Waals surface area contributed by atoms with Crippen molar-refractivity contribution in [2.24, 2.45) is 5.92 Å². The van der Waals surface area contributed by atoms with Gasteiger partial charge in [-0.05, 0) is 6.92 Å². The summed E-state index contributed by atoms with van der Waals surface area (Å²) in [5.41, 5.74) is -0.505. The standard InChI is InChI=1S/C6H9NO2/c1-5(2-7)6(3-8)4-9-6/h5,8H,3-4H2,1H3/t5?,6-/m1/s1. The average Bonchev–Trinajstić information content (AvgIpc) is 2.66. The van der Waals surface area contributed by atoms with E-state index in [0.717, 1.165) is 0 Å². The van der Waals surface area contributed by atoms with Gasteiger partial charge in [-0.2, -0.15) is 5.26 Å². The molecule has 0 aliphatic carbocycles. The first-order valence-electron chi connectivity index (χ1n) is 2.89. The largest absolute Gasteiger partial charge is 0.393 e. The van der Waals surface area contributed by atoms with Gasteiger partial charge in [0.1, 0.15) is 5.60 Å². The number of aliphatic hydroxyl groups is 1. The van der Waals surface area contributed by atoms with Crippen LogP contribution in [-0.2, 0) is 4.74 Å². The molecule has 1 aliphatic heterocycles. The molecule has 0 radical (unpaired) electrons. The lowest BCUT2D eigenvalue weighted by molar-refractivity contribution is 0.147. The van der Waals surface area contributed by atoms with Crippen LogP contribution in [0.2, 0.25) is 0 Å². The van der Waals surface area contributed by atoms with Crippen molar-refractivity contribution in [3.8, 4) is 6.07 Å². The van der Waals surface area contributed by atoms with Gasteiger partial charge in [-0.3, -0.25) is 0 Å². The van der Waals surface area contributed by atoms with Crippen molar-refractivity contribution in [3.63, 3.8) is 0 Å². The van der Waals surface area contributed by atoms with Crippen molar-refractivity contribution < 1.29 is 9.84 Å². The number of hydrogen-bond donors (Lipinski definition) is 1. The van der Waals surface area contributed by atoms with Gasteiger partial charge in [-0.1, -0.05) is 0 Å². The van der Waals surface area contributed by atoms with Gasteiger partial charge in [0.05, 0.1) is 25.2 Å². The third-order valence-electron chi connectivity index (χ3n) is 1.77. The average molecular weight is 127 g/mol. The Balaban J connectivity index is 2.51. The molecule has 2 atom stereocenters. The highest BCUT2D eigenvalue weighted by molar-refractivity contribution is 5.04. The van der Waals surface area contributed by atoms with Crippen LogP contribution in [0.3, 0.4) is 0 Å². The Bertz CT molecular complexity index is 146. The highest BCUT2D eigenvalue weighted by Gasteiger charge is 2.49. The SMILES string of the molecule is CC(C#N)[C@@]1(CO)CO1. The molecule has 50 valence electrons. The minimum absolute atomic E-state index is 0.0400. The smallest absolute Gasteiger partial charge is 0.130 e. The number of nitriles is 1. The monoisotopic (exact) mass is 127 g/mol. The quantitative estimate of drug-likeness (QED) is 0.527. The van der Waals surface area contributed by atoms with E-state index in [2.05, 4.69) is 0 Å². The first-order valence-corrected chi connectivity index (χ1v) is 2.89. The molecule has 1 rings (SSSR count). The van der Waals surface area contributed by atoms with Crippen LogP contribution in [0.5, 0.6) is 0 Å². The van der Waals surface area contributed by atoms with Gasteiger partial charge in [-0.15, -0.1) is 0 Å². The van der Waals surface area contributed by atoms with Crippen molar-refractivity contribution in [1.82, 2.24) is 0 Å². The maximum absolute atomic E-state index is 8.68. The lowest BCUT2D eigenvalue weighted by Crippen LogP contribution is -2.24. The second-order valence-electron chi connectivity index (χ2n) is 2.36. The summed E-state index contributed by atoms with van der Waals surface area (Å²) in [6, 6.07) is 2.03. The molecule has 1 fully saturated rings. The van der Waals surface area contributed by atoms with E-state index in [1.165, 1.54) is 0 Å². The molecule has 0 aromatic rings. The van der Waals surface area contributed by atoms with E-state index >= 15 is 0 Å². The molecule has 1 N–H and O–H groups in total. The number of epoxide rings is 1. The van der Waals surface area contributed by atoms with E-state index < -0.39 is 5.60 Å². The predicted molar refractivity (Wildman–Crippen MR) is 30.5 cm³/mol. The third-order valence-corrected chi connectivity index (χ3v) is 1.77. The summed E-state index contributed by atoms with van der Waals surface area (Å²) < 4.78 is 4.93. The Kier molecular flexibility index (Phi) is 1.43. The molecular weight excluding hydrogens is 118 g/mol. The van der Waals surface area contributed by atoms with Crippen LogP contribution < -0.4 is 0 Å². The van der Waals surface area contributed by atoms with Crippen LogP contribution in [-0.4, -0.2) is 23.9 Å². The minimum atomic E-state index is -0.505. The highest BCUT2D eigenvalue weighted by Crippen LogP contribution is 2.33. The van der Waals surface area contributed by atoms with E-state index in [1.807, 2.05) is 6.07 Å². The van der Waals surface area contributed by atoms with Crippen molar-refractivity contribution in [3.05, 3.63) is 0 Å². The third kappa shape index (κ3) is 0.913. The zero-order valence-corrected chi connectivity index (χ0v) is 5.29. The fourth-order valence-electron chi connectivity index (χ4n) is 0.689. The Morgan fingerprint density at radius 1 is 2.00 bits per heavy atom. The van der Waals surface area contributed by atoms with Gasteiger partial charge in [0.2, 0.25) is 0 Å². The van der Waals surface area contributed by atoms with E-state index in [1.54, 1.807) is 6.92 Å². The second-order valence-corrected chi connectivity index (χ2v) is 2.36. The maximum atomic E-state index is 8.68. The van der Waals surface area contributed by atoms with Crippen LogP contribution in [0.15, 0.2) is 0 Å². The zero-order chi connectivity index (χ0) is 6.91. The van der Waals surface area contributed by atoms with Crippen molar-refractivity contribution >= 4 is 0 Å². The Labute approximate surface area is 53.9 Å². The molecule has 0 saturated carbocycles. The van der Waals surface area contributed by atoms with E-state index in [-0.39, 0.29) is 12.5 Å². The lowest BCUT2D eigenvalue weighted by atomic mass is 9.97. The minimum Gasteiger partial charge on any atom is -0.393 e. The van der Waals surface area contributed by atoms with Crippen LogP contribution in [0.25, 0.3) is 0 Å². The van der Waals surface area contributed by atoms with Gasteiger partial charge >= 0.3 is 0 Å². The van der Waals surface area contributed by atoms with Gasteiger partial charge in [0.25, 0.3) is 0 Å². The molecule has 0 aromatic carbocycles. The van der Waals surface area contributed by atoms with E-state index in [9.17, 15) is 0 Å². The predicted octanol–water partition coefficient (Wildman–Crippen LogP) is -0.0926. The number of hydrogen-bond acceptors (Lipinski definition) is 3. The van der Waals surface area contributed by atoms with Crippen molar-refractivity contribution in [2.45, 2.75) is 12.5 Å². The van der Waals surface area contributed by atoms with Crippen LogP contribution in [0, 0.1) is 17.2 Å². The zero-order valence-electron chi connectivity index (χ0n) is 5.29. The molecule has 0 spiro atoms. The normalized spacial score (nSPS) is 35.2. The molecule has 1 unspecified atom stereocenters. The fraction of sp³-hybridized carbons (Fsp3) is 0.833. The van der Waals surface area contributed by atoms with Crippen LogP contribution >= 0.6 is 0 Å². The van der Waals surface area contributed by atoms with Gasteiger partial charge in [-0.25, -0.2) is 0 Å². The first kappa shape index (κ1) is 6.53. The Hall–Kier alpha value is -0.590. The summed E-state index contributed by atoms with van der Waals surface area (Å²) in [5.74, 6) is -0.192. The molecule has 9 heavy (non-hydrogen) atoms. The summed E-state index contributed by atoms with van der Waals surface area (Å²) in [7, 11) is 0. The van der Waals surface area contributed by atoms with Crippen molar-refractivity contribution in [1.29, 1.82) is 5.26 Å². The fourth-order valence-corrected chi connectivity index (χ4v) is 0.689. The summed E-state index contributed by atoms with van der Waals surface area (Å²) in [4.78, 5) is 0. The highest BCUT2D eigenvalue weighted by atomic mass is 16.6. The molecule has 0 bridgehead atoms. The number of ether oxygens (including phenoxy) is 1. The number of aliphatic hydroxyl groups excluding tert-OH is 1. The van der Waals surface area contributed by atoms with Gasteiger partial charge < -0.3 is 9.84 Å². The summed E-state index contributed by atoms with van der Waals surface area (Å²) in [5, 5.41) is 17.1. The van der Waals surface area contributed by atoms with Crippen molar-refractivity contribution in [2.75, 3.05) is 13.2 Å². The molecular formula is C6H9NO2. The summed E-state index contributed by atoms with van der Waals surface area (Å²) >= 11 is 0. The number of rotatable bonds is 2. The molecule has 3 heteroatoms.